The van der Waals surface area contributed by atoms with Crippen LogP contribution in [-0.4, -0.2) is 16.0 Å². The first-order chi connectivity index (χ1) is 6.99. The molecule has 1 heterocycles. The van der Waals surface area contributed by atoms with Crippen molar-refractivity contribution in [2.24, 2.45) is 11.1 Å². The number of hydrogen-bond donors (Lipinski definition) is 1. The fraction of sp³-hybridized carbons (Fsp3) is 0.667. The van der Waals surface area contributed by atoms with Gasteiger partial charge in [0.1, 0.15) is 5.82 Å². The highest BCUT2D eigenvalue weighted by atomic mass is 14.9. The molecular weight excluding hydrogens is 186 g/mol. The van der Waals surface area contributed by atoms with Gasteiger partial charge in [-0.2, -0.15) is 0 Å². The van der Waals surface area contributed by atoms with Crippen LogP contribution >= 0.6 is 0 Å². The summed E-state index contributed by atoms with van der Waals surface area (Å²) in [7, 11) is 0. The molecule has 1 fully saturated rings. The third-order valence-corrected chi connectivity index (χ3v) is 3.11. The van der Waals surface area contributed by atoms with Crippen LogP contribution in [0.5, 0.6) is 0 Å². The second kappa shape index (κ2) is 3.56. The smallest absolute Gasteiger partial charge is 0.131 e. The first kappa shape index (κ1) is 10.6. The lowest BCUT2D eigenvalue weighted by atomic mass is 10.1. The number of nitrogens with two attached hydrogens (primary N) is 1. The third-order valence-electron chi connectivity index (χ3n) is 3.11. The Labute approximate surface area is 91.1 Å². The highest BCUT2D eigenvalue weighted by molar-refractivity contribution is 5.17. The average Bonchev–Trinajstić information content (AvgIpc) is 2.75. The number of nitrogens with zero attached hydrogens (tertiary/aromatic N) is 2. The van der Waals surface area contributed by atoms with Crippen LogP contribution in [0.3, 0.4) is 0 Å². The lowest BCUT2D eigenvalue weighted by molar-refractivity contribution is 0.607. The fourth-order valence-electron chi connectivity index (χ4n) is 1.93. The predicted molar refractivity (Wildman–Crippen MR) is 60.5 cm³/mol. The van der Waals surface area contributed by atoms with Gasteiger partial charge in [-0.05, 0) is 30.7 Å². The molecule has 0 radical (unpaired) electrons. The Bertz CT molecular complexity index is 340. The van der Waals surface area contributed by atoms with Gasteiger partial charge in [0, 0.05) is 24.4 Å². The largest absolute Gasteiger partial charge is 0.328 e. The van der Waals surface area contributed by atoms with Crippen LogP contribution < -0.4 is 5.73 Å². The Hall–Kier alpha value is -0.960. The maximum absolute atomic E-state index is 5.72. The second-order valence-electron chi connectivity index (χ2n) is 5.38. The van der Waals surface area contributed by atoms with Gasteiger partial charge in [-0.3, -0.25) is 0 Å². The molecule has 2 unspecified atom stereocenters. The van der Waals surface area contributed by atoms with E-state index in [2.05, 4.69) is 23.8 Å². The summed E-state index contributed by atoms with van der Waals surface area (Å²) >= 11 is 0. The standard InChI is InChI=1S/C12H19N3/c1-8(13)4-9-6-14-11(15-7-9)10-5-12(10,2)3/h6-8,10H,4-5,13H2,1-3H3. The van der Waals surface area contributed by atoms with Gasteiger partial charge in [0.05, 0.1) is 0 Å². The van der Waals surface area contributed by atoms with E-state index in [-0.39, 0.29) is 6.04 Å². The normalized spacial score (nSPS) is 24.9. The Morgan fingerprint density at radius 2 is 2.00 bits per heavy atom. The molecule has 3 nitrogen and oxygen atoms in total. The predicted octanol–water partition coefficient (Wildman–Crippen LogP) is 1.88. The van der Waals surface area contributed by atoms with Crippen molar-refractivity contribution < 1.29 is 0 Å². The van der Waals surface area contributed by atoms with Crippen LogP contribution in [0.4, 0.5) is 0 Å². The number of hydrogen-bond acceptors (Lipinski definition) is 3. The van der Waals surface area contributed by atoms with E-state index in [9.17, 15) is 0 Å². The van der Waals surface area contributed by atoms with E-state index in [4.69, 9.17) is 5.73 Å². The van der Waals surface area contributed by atoms with Crippen molar-refractivity contribution in [2.45, 2.75) is 45.6 Å². The van der Waals surface area contributed by atoms with Crippen molar-refractivity contribution in [3.05, 3.63) is 23.8 Å². The molecule has 0 saturated heterocycles. The lowest BCUT2D eigenvalue weighted by Gasteiger charge is -2.06. The van der Waals surface area contributed by atoms with E-state index in [1.807, 2.05) is 19.3 Å². The summed E-state index contributed by atoms with van der Waals surface area (Å²) in [6, 6.07) is 0.178. The van der Waals surface area contributed by atoms with E-state index >= 15 is 0 Å². The molecule has 15 heavy (non-hydrogen) atoms. The van der Waals surface area contributed by atoms with Gasteiger partial charge in [0.2, 0.25) is 0 Å². The molecule has 1 aliphatic rings. The molecule has 0 amide bonds. The van der Waals surface area contributed by atoms with E-state index < -0.39 is 0 Å². The molecule has 0 bridgehead atoms. The van der Waals surface area contributed by atoms with Crippen LogP contribution in [0.2, 0.25) is 0 Å². The quantitative estimate of drug-likeness (QED) is 0.819. The summed E-state index contributed by atoms with van der Waals surface area (Å²) < 4.78 is 0. The van der Waals surface area contributed by atoms with Gasteiger partial charge in [-0.1, -0.05) is 13.8 Å². The molecular formula is C12H19N3. The van der Waals surface area contributed by atoms with Gasteiger partial charge in [0.15, 0.2) is 0 Å². The van der Waals surface area contributed by atoms with Crippen molar-refractivity contribution in [2.75, 3.05) is 0 Å². The highest BCUT2D eigenvalue weighted by Crippen LogP contribution is 2.57. The average molecular weight is 205 g/mol. The maximum atomic E-state index is 5.72. The second-order valence-corrected chi connectivity index (χ2v) is 5.38. The van der Waals surface area contributed by atoms with Gasteiger partial charge in [-0.25, -0.2) is 9.97 Å². The summed E-state index contributed by atoms with van der Waals surface area (Å²) in [5.74, 6) is 1.55. The fourth-order valence-corrected chi connectivity index (χ4v) is 1.93. The van der Waals surface area contributed by atoms with Crippen molar-refractivity contribution in [1.82, 2.24) is 9.97 Å². The SMILES string of the molecule is CC(N)Cc1cnc(C2CC2(C)C)nc1. The Morgan fingerprint density at radius 1 is 1.47 bits per heavy atom. The summed E-state index contributed by atoms with van der Waals surface area (Å²) in [5.41, 5.74) is 7.26. The van der Waals surface area contributed by atoms with Gasteiger partial charge >= 0.3 is 0 Å². The van der Waals surface area contributed by atoms with Crippen LogP contribution in [0.1, 0.15) is 44.5 Å². The minimum Gasteiger partial charge on any atom is -0.328 e. The van der Waals surface area contributed by atoms with Crippen LogP contribution in [0, 0.1) is 5.41 Å². The first-order valence-corrected chi connectivity index (χ1v) is 5.55. The number of rotatable bonds is 3. The first-order valence-electron chi connectivity index (χ1n) is 5.55. The van der Waals surface area contributed by atoms with Crippen LogP contribution in [0.25, 0.3) is 0 Å². The van der Waals surface area contributed by atoms with E-state index in [1.54, 1.807) is 0 Å². The topological polar surface area (TPSA) is 51.8 Å². The summed E-state index contributed by atoms with van der Waals surface area (Å²) in [6.07, 6.45) is 5.90. The Morgan fingerprint density at radius 3 is 2.40 bits per heavy atom. The Balaban J connectivity index is 2.05. The van der Waals surface area contributed by atoms with Crippen LogP contribution in [-0.2, 0) is 6.42 Å². The molecule has 2 N–H and O–H groups in total. The van der Waals surface area contributed by atoms with Gasteiger partial charge in [0.25, 0.3) is 0 Å². The number of aromatic nitrogens is 2. The molecule has 1 aromatic rings. The maximum Gasteiger partial charge on any atom is 0.131 e. The van der Waals surface area contributed by atoms with Crippen molar-refractivity contribution in [1.29, 1.82) is 0 Å². The van der Waals surface area contributed by atoms with Gasteiger partial charge in [-0.15, -0.1) is 0 Å². The zero-order valence-electron chi connectivity index (χ0n) is 9.70. The summed E-state index contributed by atoms with van der Waals surface area (Å²) in [5, 5.41) is 0. The molecule has 1 aromatic heterocycles. The van der Waals surface area contributed by atoms with Crippen molar-refractivity contribution in [3.63, 3.8) is 0 Å². The molecule has 1 aliphatic carbocycles. The molecule has 2 rings (SSSR count). The monoisotopic (exact) mass is 205 g/mol. The van der Waals surface area contributed by atoms with Crippen molar-refractivity contribution >= 4 is 0 Å². The Kier molecular flexibility index (Phi) is 2.51. The molecule has 0 spiro atoms. The van der Waals surface area contributed by atoms with Crippen LogP contribution in [0.15, 0.2) is 12.4 Å². The minimum absolute atomic E-state index is 0.178. The van der Waals surface area contributed by atoms with Crippen molar-refractivity contribution in [3.8, 4) is 0 Å². The molecule has 3 heteroatoms. The van der Waals surface area contributed by atoms with E-state index in [1.165, 1.54) is 6.42 Å². The third kappa shape index (κ3) is 2.34. The molecule has 0 aliphatic heterocycles. The van der Waals surface area contributed by atoms with Gasteiger partial charge < -0.3 is 5.73 Å². The van der Waals surface area contributed by atoms with E-state index in [0.29, 0.717) is 11.3 Å². The lowest BCUT2D eigenvalue weighted by Crippen LogP contribution is -2.18. The summed E-state index contributed by atoms with van der Waals surface area (Å²) in [6.45, 7) is 6.52. The van der Waals surface area contributed by atoms with E-state index in [0.717, 1.165) is 17.8 Å². The molecule has 1 saturated carbocycles. The minimum atomic E-state index is 0.178. The zero-order valence-corrected chi connectivity index (χ0v) is 9.70. The summed E-state index contributed by atoms with van der Waals surface area (Å²) in [4.78, 5) is 8.85. The molecule has 2 atom stereocenters. The highest BCUT2D eigenvalue weighted by Gasteiger charge is 2.48. The molecule has 82 valence electrons. The molecule has 0 aromatic carbocycles. The zero-order chi connectivity index (χ0) is 11.1.